The first-order valence-electron chi connectivity index (χ1n) is 8.62. The first-order chi connectivity index (χ1) is 13.1. The number of anilines is 1. The summed E-state index contributed by atoms with van der Waals surface area (Å²) in [7, 11) is 4.69. The van der Waals surface area contributed by atoms with Crippen LogP contribution >= 0.6 is 11.6 Å². The van der Waals surface area contributed by atoms with E-state index in [0.29, 0.717) is 35.2 Å². The molecule has 0 unspecified atom stereocenters. The Morgan fingerprint density at radius 1 is 0.963 bits per heavy atom. The average Bonchev–Trinajstić information content (AvgIpc) is 2.69. The summed E-state index contributed by atoms with van der Waals surface area (Å²) in [4.78, 5) is 12.2. The van der Waals surface area contributed by atoms with Gasteiger partial charge in [0, 0.05) is 25.1 Å². The zero-order valence-electron chi connectivity index (χ0n) is 15.8. The SMILES string of the molecule is COc1ccc(CCNCCC(=O)Nc2cc(OC)c(Cl)cc2OC)cc1. The van der Waals surface area contributed by atoms with Crippen LogP contribution in [-0.2, 0) is 11.2 Å². The summed E-state index contributed by atoms with van der Waals surface area (Å²) in [6.07, 6.45) is 1.23. The lowest BCUT2D eigenvalue weighted by atomic mass is 10.1. The van der Waals surface area contributed by atoms with Crippen molar-refractivity contribution in [3.63, 3.8) is 0 Å². The summed E-state index contributed by atoms with van der Waals surface area (Å²) < 4.78 is 15.6. The highest BCUT2D eigenvalue weighted by Gasteiger charge is 2.12. The lowest BCUT2D eigenvalue weighted by Gasteiger charge is -2.13. The molecule has 2 rings (SSSR count). The van der Waals surface area contributed by atoms with Crippen molar-refractivity contribution in [2.45, 2.75) is 12.8 Å². The lowest BCUT2D eigenvalue weighted by Crippen LogP contribution is -2.23. The van der Waals surface area contributed by atoms with E-state index in [1.807, 2.05) is 24.3 Å². The molecule has 0 aliphatic carbocycles. The molecule has 27 heavy (non-hydrogen) atoms. The molecule has 0 fully saturated rings. The third-order valence-electron chi connectivity index (χ3n) is 4.03. The number of halogens is 1. The summed E-state index contributed by atoms with van der Waals surface area (Å²) >= 11 is 6.07. The molecule has 2 aromatic carbocycles. The fourth-order valence-corrected chi connectivity index (χ4v) is 2.75. The number of ether oxygens (including phenoxy) is 3. The predicted octanol–water partition coefficient (Wildman–Crippen LogP) is 3.53. The van der Waals surface area contributed by atoms with Crippen molar-refractivity contribution in [2.24, 2.45) is 0 Å². The highest BCUT2D eigenvalue weighted by molar-refractivity contribution is 6.32. The molecule has 0 saturated heterocycles. The molecule has 0 aromatic heterocycles. The van der Waals surface area contributed by atoms with Crippen LogP contribution in [0.15, 0.2) is 36.4 Å². The maximum Gasteiger partial charge on any atom is 0.225 e. The molecule has 0 aliphatic heterocycles. The third-order valence-corrected chi connectivity index (χ3v) is 4.32. The standard InChI is InChI=1S/C20H25ClN2O4/c1-25-15-6-4-14(5-7-15)8-10-22-11-9-20(24)23-17-13-18(26-2)16(21)12-19(17)27-3/h4-7,12-13,22H,8-11H2,1-3H3,(H,23,24). The third kappa shape index (κ3) is 6.34. The van der Waals surface area contributed by atoms with Gasteiger partial charge < -0.3 is 24.8 Å². The highest BCUT2D eigenvalue weighted by atomic mass is 35.5. The van der Waals surface area contributed by atoms with E-state index in [1.165, 1.54) is 19.8 Å². The molecule has 7 heteroatoms. The Bertz CT molecular complexity index is 750. The quantitative estimate of drug-likeness (QED) is 0.605. The zero-order chi connectivity index (χ0) is 19.6. The van der Waals surface area contributed by atoms with Gasteiger partial charge in [-0.05, 0) is 30.7 Å². The number of rotatable bonds is 10. The second-order valence-electron chi connectivity index (χ2n) is 5.83. The Labute approximate surface area is 164 Å². The van der Waals surface area contributed by atoms with Crippen LogP contribution in [0.25, 0.3) is 0 Å². The molecule has 0 bridgehead atoms. The molecular formula is C20H25ClN2O4. The Morgan fingerprint density at radius 2 is 1.67 bits per heavy atom. The number of amides is 1. The molecule has 0 atom stereocenters. The van der Waals surface area contributed by atoms with E-state index in [-0.39, 0.29) is 5.91 Å². The lowest BCUT2D eigenvalue weighted by molar-refractivity contribution is -0.116. The molecule has 0 radical (unpaired) electrons. The monoisotopic (exact) mass is 392 g/mol. The van der Waals surface area contributed by atoms with Gasteiger partial charge in [0.2, 0.25) is 5.91 Å². The first-order valence-corrected chi connectivity index (χ1v) is 9.00. The van der Waals surface area contributed by atoms with E-state index in [4.69, 9.17) is 25.8 Å². The van der Waals surface area contributed by atoms with Crippen LogP contribution in [0.5, 0.6) is 17.2 Å². The van der Waals surface area contributed by atoms with Crippen molar-refractivity contribution < 1.29 is 19.0 Å². The van der Waals surface area contributed by atoms with Gasteiger partial charge in [-0.15, -0.1) is 0 Å². The summed E-state index contributed by atoms with van der Waals surface area (Å²) in [6.45, 7) is 1.37. The molecular weight excluding hydrogens is 368 g/mol. The molecule has 2 N–H and O–H groups in total. The Balaban J connectivity index is 1.76. The van der Waals surface area contributed by atoms with Crippen molar-refractivity contribution in [1.82, 2.24) is 5.32 Å². The van der Waals surface area contributed by atoms with Crippen LogP contribution in [0.1, 0.15) is 12.0 Å². The second-order valence-corrected chi connectivity index (χ2v) is 6.24. The summed E-state index contributed by atoms with van der Waals surface area (Å²) in [5.74, 6) is 1.69. The number of benzene rings is 2. The van der Waals surface area contributed by atoms with E-state index in [9.17, 15) is 4.79 Å². The largest absolute Gasteiger partial charge is 0.497 e. The number of hydrogen-bond acceptors (Lipinski definition) is 5. The highest BCUT2D eigenvalue weighted by Crippen LogP contribution is 2.35. The summed E-state index contributed by atoms with van der Waals surface area (Å²) in [5, 5.41) is 6.52. The Kier molecular flexibility index (Phi) is 8.23. The van der Waals surface area contributed by atoms with Gasteiger partial charge >= 0.3 is 0 Å². The van der Waals surface area contributed by atoms with E-state index >= 15 is 0 Å². The van der Waals surface area contributed by atoms with E-state index < -0.39 is 0 Å². The predicted molar refractivity (Wildman–Crippen MR) is 107 cm³/mol. The zero-order valence-corrected chi connectivity index (χ0v) is 16.6. The summed E-state index contributed by atoms with van der Waals surface area (Å²) in [6, 6.07) is 11.2. The molecule has 2 aromatic rings. The topological polar surface area (TPSA) is 68.8 Å². The Morgan fingerprint density at radius 3 is 2.30 bits per heavy atom. The molecule has 0 saturated carbocycles. The molecule has 0 heterocycles. The van der Waals surface area contributed by atoms with Gasteiger partial charge in [-0.3, -0.25) is 4.79 Å². The van der Waals surface area contributed by atoms with Gasteiger partial charge in [0.25, 0.3) is 0 Å². The smallest absolute Gasteiger partial charge is 0.225 e. The molecule has 0 aliphatic rings. The maximum absolute atomic E-state index is 12.2. The molecule has 1 amide bonds. The normalized spacial score (nSPS) is 10.4. The van der Waals surface area contributed by atoms with Crippen molar-refractivity contribution in [1.29, 1.82) is 0 Å². The number of carbonyl (C=O) groups excluding carboxylic acids is 1. The van der Waals surface area contributed by atoms with Gasteiger partial charge in [0.05, 0.1) is 32.0 Å². The maximum atomic E-state index is 12.2. The van der Waals surface area contributed by atoms with Gasteiger partial charge in [-0.2, -0.15) is 0 Å². The van der Waals surface area contributed by atoms with Crippen molar-refractivity contribution in [3.05, 3.63) is 47.0 Å². The van der Waals surface area contributed by atoms with E-state index in [2.05, 4.69) is 10.6 Å². The second kappa shape index (κ2) is 10.6. The first kappa shape index (κ1) is 20.9. The molecule has 146 valence electrons. The minimum absolute atomic E-state index is 0.116. The minimum Gasteiger partial charge on any atom is -0.497 e. The Hall–Kier alpha value is -2.44. The van der Waals surface area contributed by atoms with Crippen molar-refractivity contribution in [2.75, 3.05) is 39.7 Å². The van der Waals surface area contributed by atoms with Crippen LogP contribution in [0.3, 0.4) is 0 Å². The number of nitrogens with one attached hydrogen (secondary N) is 2. The van der Waals surface area contributed by atoms with Crippen LogP contribution in [0.4, 0.5) is 5.69 Å². The number of methoxy groups -OCH3 is 3. The van der Waals surface area contributed by atoms with E-state index in [0.717, 1.165) is 18.7 Å². The molecule has 6 nitrogen and oxygen atoms in total. The van der Waals surface area contributed by atoms with Gasteiger partial charge in [0.1, 0.15) is 17.2 Å². The van der Waals surface area contributed by atoms with Crippen LogP contribution < -0.4 is 24.8 Å². The van der Waals surface area contributed by atoms with Gasteiger partial charge in [-0.25, -0.2) is 0 Å². The fraction of sp³-hybridized carbons (Fsp3) is 0.350. The van der Waals surface area contributed by atoms with Crippen LogP contribution in [-0.4, -0.2) is 40.3 Å². The summed E-state index contributed by atoms with van der Waals surface area (Å²) in [5.41, 5.74) is 1.74. The van der Waals surface area contributed by atoms with Crippen LogP contribution in [0.2, 0.25) is 5.02 Å². The molecule has 0 spiro atoms. The minimum atomic E-state index is -0.116. The van der Waals surface area contributed by atoms with E-state index in [1.54, 1.807) is 19.2 Å². The fourth-order valence-electron chi connectivity index (χ4n) is 2.52. The van der Waals surface area contributed by atoms with Crippen LogP contribution in [0, 0.1) is 0 Å². The van der Waals surface area contributed by atoms with Gasteiger partial charge in [-0.1, -0.05) is 23.7 Å². The average molecular weight is 393 g/mol. The van der Waals surface area contributed by atoms with Crippen molar-refractivity contribution >= 4 is 23.2 Å². The number of hydrogen-bond donors (Lipinski definition) is 2. The van der Waals surface area contributed by atoms with Crippen molar-refractivity contribution in [3.8, 4) is 17.2 Å². The van der Waals surface area contributed by atoms with Gasteiger partial charge in [0.15, 0.2) is 0 Å². The number of carbonyl (C=O) groups is 1.